The third kappa shape index (κ3) is 2.02. The molecule has 1 N–H and O–H groups in total. The molecule has 19 heavy (non-hydrogen) atoms. The summed E-state index contributed by atoms with van der Waals surface area (Å²) in [6.45, 7) is 0.720. The first-order chi connectivity index (χ1) is 9.33. The molecule has 3 aromatic rings. The fourth-order valence-corrected chi connectivity index (χ4v) is 2.50. The number of benzene rings is 2. The van der Waals surface area contributed by atoms with E-state index in [1.165, 1.54) is 10.8 Å². The third-order valence-electron chi connectivity index (χ3n) is 3.40. The molecule has 0 saturated carbocycles. The predicted molar refractivity (Wildman–Crippen MR) is 75.3 cm³/mol. The summed E-state index contributed by atoms with van der Waals surface area (Å²) in [6, 6.07) is 14.3. The van der Waals surface area contributed by atoms with E-state index < -0.39 is 0 Å². The molecule has 0 amide bonds. The van der Waals surface area contributed by atoms with Gasteiger partial charge in [0.25, 0.3) is 0 Å². The highest BCUT2D eigenvalue weighted by Gasteiger charge is 2.12. The average molecular weight is 254 g/mol. The third-order valence-corrected chi connectivity index (χ3v) is 3.40. The summed E-state index contributed by atoms with van der Waals surface area (Å²) in [7, 11) is 1.67. The molecule has 1 aromatic heterocycles. The summed E-state index contributed by atoms with van der Waals surface area (Å²) in [5, 5.41) is 12.7. The number of pyridine rings is 1. The van der Waals surface area contributed by atoms with Gasteiger partial charge in [0.05, 0.1) is 17.9 Å². The van der Waals surface area contributed by atoms with Crippen LogP contribution in [-0.2, 0) is 6.54 Å². The molecule has 0 bridgehead atoms. The number of aliphatic hydroxyl groups excluding tert-OH is 1. The van der Waals surface area contributed by atoms with Gasteiger partial charge in [0.2, 0.25) is 5.52 Å². The molecule has 0 unspecified atom stereocenters. The maximum Gasteiger partial charge on any atom is 0.213 e. The topological polar surface area (TPSA) is 33.3 Å². The number of rotatable bonds is 3. The van der Waals surface area contributed by atoms with E-state index in [4.69, 9.17) is 4.74 Å². The smallest absolute Gasteiger partial charge is 0.213 e. The van der Waals surface area contributed by atoms with Crippen molar-refractivity contribution >= 4 is 21.7 Å². The van der Waals surface area contributed by atoms with Crippen molar-refractivity contribution in [3.05, 3.63) is 48.7 Å². The lowest BCUT2D eigenvalue weighted by molar-refractivity contribution is -0.671. The van der Waals surface area contributed by atoms with E-state index >= 15 is 0 Å². The summed E-state index contributed by atoms with van der Waals surface area (Å²) in [6.07, 6.45) is 2.07. The molecular weight excluding hydrogens is 238 g/mol. The molecule has 0 fully saturated rings. The molecule has 3 heteroatoms. The quantitative estimate of drug-likeness (QED) is 0.574. The molecule has 0 aliphatic rings. The van der Waals surface area contributed by atoms with E-state index in [1.807, 2.05) is 24.3 Å². The number of fused-ring (bicyclic) bond motifs is 3. The van der Waals surface area contributed by atoms with E-state index in [9.17, 15) is 5.11 Å². The summed E-state index contributed by atoms with van der Waals surface area (Å²) in [5.74, 6) is 0.846. The second-order valence-electron chi connectivity index (χ2n) is 4.52. The molecule has 0 aliphatic carbocycles. The Morgan fingerprint density at radius 3 is 2.74 bits per heavy atom. The van der Waals surface area contributed by atoms with Crippen LogP contribution in [-0.4, -0.2) is 18.8 Å². The monoisotopic (exact) mass is 254 g/mol. The summed E-state index contributed by atoms with van der Waals surface area (Å²) < 4.78 is 7.36. The number of hydrogen-bond acceptors (Lipinski definition) is 2. The molecule has 3 nitrogen and oxygen atoms in total. The maximum absolute atomic E-state index is 9.21. The fourth-order valence-electron chi connectivity index (χ4n) is 2.50. The highest BCUT2D eigenvalue weighted by Crippen LogP contribution is 2.25. The Hall–Kier alpha value is -2.13. The van der Waals surface area contributed by atoms with Gasteiger partial charge in [0.15, 0.2) is 12.7 Å². The maximum atomic E-state index is 9.21. The van der Waals surface area contributed by atoms with Crippen molar-refractivity contribution in [2.24, 2.45) is 0 Å². The van der Waals surface area contributed by atoms with Crippen LogP contribution in [0.1, 0.15) is 0 Å². The summed E-state index contributed by atoms with van der Waals surface area (Å²) in [5.41, 5.74) is 1.13. The van der Waals surface area contributed by atoms with E-state index in [2.05, 4.69) is 29.0 Å². The van der Waals surface area contributed by atoms with Crippen molar-refractivity contribution in [3.63, 3.8) is 0 Å². The highest BCUT2D eigenvalue weighted by molar-refractivity contribution is 6.04. The first kappa shape index (κ1) is 11.9. The number of para-hydroxylation sites is 1. The second-order valence-corrected chi connectivity index (χ2v) is 4.52. The Kier molecular flexibility index (Phi) is 3.05. The number of ether oxygens (including phenoxy) is 1. The van der Waals surface area contributed by atoms with Gasteiger partial charge in [0, 0.05) is 11.5 Å². The van der Waals surface area contributed by atoms with Gasteiger partial charge in [-0.15, -0.1) is 0 Å². The zero-order chi connectivity index (χ0) is 13.2. The molecule has 0 spiro atoms. The van der Waals surface area contributed by atoms with Gasteiger partial charge in [-0.25, -0.2) is 0 Å². The predicted octanol–water partition coefficient (Wildman–Crippen LogP) is 2.28. The van der Waals surface area contributed by atoms with Crippen LogP contribution in [0.5, 0.6) is 5.75 Å². The molecule has 3 rings (SSSR count). The van der Waals surface area contributed by atoms with Crippen LogP contribution in [0.15, 0.2) is 48.7 Å². The molecule has 2 aromatic carbocycles. The molecule has 0 atom stereocenters. The Morgan fingerprint density at radius 2 is 1.95 bits per heavy atom. The van der Waals surface area contributed by atoms with Crippen LogP contribution < -0.4 is 9.30 Å². The van der Waals surface area contributed by atoms with Gasteiger partial charge in [-0.1, -0.05) is 12.1 Å². The van der Waals surface area contributed by atoms with Gasteiger partial charge in [-0.3, -0.25) is 0 Å². The van der Waals surface area contributed by atoms with Gasteiger partial charge < -0.3 is 9.84 Å². The van der Waals surface area contributed by atoms with Crippen molar-refractivity contribution in [1.29, 1.82) is 0 Å². The zero-order valence-corrected chi connectivity index (χ0v) is 10.8. The molecular formula is C16H16NO2+. The van der Waals surface area contributed by atoms with Crippen molar-refractivity contribution in [1.82, 2.24) is 0 Å². The van der Waals surface area contributed by atoms with Crippen LogP contribution in [0, 0.1) is 0 Å². The van der Waals surface area contributed by atoms with E-state index in [1.54, 1.807) is 7.11 Å². The van der Waals surface area contributed by atoms with Crippen LogP contribution in [0.3, 0.4) is 0 Å². The van der Waals surface area contributed by atoms with Gasteiger partial charge >= 0.3 is 0 Å². The van der Waals surface area contributed by atoms with Crippen LogP contribution in [0.2, 0.25) is 0 Å². The number of aliphatic hydroxyl groups is 1. The fraction of sp³-hybridized carbons (Fsp3) is 0.188. The SMILES string of the molecule is COc1ccc2c(c1)c[n+](CCO)c1ccccc21. The van der Waals surface area contributed by atoms with Crippen LogP contribution >= 0.6 is 0 Å². The van der Waals surface area contributed by atoms with E-state index in [0.717, 1.165) is 16.7 Å². The normalized spacial score (nSPS) is 11.1. The van der Waals surface area contributed by atoms with Crippen LogP contribution in [0.4, 0.5) is 0 Å². The molecule has 0 saturated heterocycles. The number of aromatic nitrogens is 1. The van der Waals surface area contributed by atoms with Gasteiger partial charge in [-0.05, 0) is 24.3 Å². The lowest BCUT2D eigenvalue weighted by Crippen LogP contribution is -2.36. The Labute approximate surface area is 111 Å². The van der Waals surface area contributed by atoms with Crippen molar-refractivity contribution in [3.8, 4) is 5.75 Å². The zero-order valence-electron chi connectivity index (χ0n) is 10.8. The second kappa shape index (κ2) is 4.86. The average Bonchev–Trinajstić information content (AvgIpc) is 2.47. The van der Waals surface area contributed by atoms with Crippen LogP contribution in [0.25, 0.3) is 21.7 Å². The molecule has 96 valence electrons. The largest absolute Gasteiger partial charge is 0.497 e. The van der Waals surface area contributed by atoms with E-state index in [0.29, 0.717) is 6.54 Å². The Bertz CT molecular complexity index is 737. The standard InChI is InChI=1S/C16H16NO2/c1-19-13-6-7-14-12(10-13)11-17(8-9-18)16-5-3-2-4-15(14)16/h2-7,10-11,18H,8-9H2,1H3/q+1. The minimum Gasteiger partial charge on any atom is -0.497 e. The lowest BCUT2D eigenvalue weighted by Gasteiger charge is -2.06. The summed E-state index contributed by atoms with van der Waals surface area (Å²) >= 11 is 0. The Balaban J connectivity index is 2.38. The molecule has 1 heterocycles. The summed E-state index contributed by atoms with van der Waals surface area (Å²) in [4.78, 5) is 0. The van der Waals surface area contributed by atoms with Crippen molar-refractivity contribution in [2.45, 2.75) is 6.54 Å². The number of nitrogens with zero attached hydrogens (tertiary/aromatic N) is 1. The van der Waals surface area contributed by atoms with Crippen molar-refractivity contribution < 1.29 is 14.4 Å². The van der Waals surface area contributed by atoms with Gasteiger partial charge in [-0.2, -0.15) is 4.57 Å². The minimum absolute atomic E-state index is 0.129. The van der Waals surface area contributed by atoms with Crippen molar-refractivity contribution in [2.75, 3.05) is 13.7 Å². The van der Waals surface area contributed by atoms with E-state index in [-0.39, 0.29) is 6.61 Å². The first-order valence-corrected chi connectivity index (χ1v) is 6.33. The number of hydrogen-bond donors (Lipinski definition) is 1. The molecule has 0 radical (unpaired) electrons. The Morgan fingerprint density at radius 1 is 1.11 bits per heavy atom. The minimum atomic E-state index is 0.129. The molecule has 0 aliphatic heterocycles. The first-order valence-electron chi connectivity index (χ1n) is 6.33. The lowest BCUT2D eigenvalue weighted by atomic mass is 10.1. The highest BCUT2D eigenvalue weighted by atomic mass is 16.5. The number of methoxy groups -OCH3 is 1. The van der Waals surface area contributed by atoms with Gasteiger partial charge in [0.1, 0.15) is 12.4 Å².